The molecule has 1 fully saturated rings. The van der Waals surface area contributed by atoms with Crippen molar-refractivity contribution in [2.24, 2.45) is 0 Å². The third kappa shape index (κ3) is 3.87. The number of furan rings is 1. The summed E-state index contributed by atoms with van der Waals surface area (Å²) in [4.78, 5) is 12.0. The number of sulfonamides is 1. The van der Waals surface area contributed by atoms with Crippen LogP contribution in [-0.2, 0) is 16.2 Å². The Morgan fingerprint density at radius 1 is 1.17 bits per heavy atom. The molecule has 0 atom stereocenters. The molecule has 6 nitrogen and oxygen atoms in total. The van der Waals surface area contributed by atoms with Crippen LogP contribution in [0.25, 0.3) is 22.3 Å². The molecule has 0 aliphatic heterocycles. The molecule has 1 aromatic heterocycles. The maximum absolute atomic E-state index is 12.8. The summed E-state index contributed by atoms with van der Waals surface area (Å²) in [6.07, 6.45) is -1.83. The number of aromatic carboxylic acids is 1. The minimum Gasteiger partial charge on any atom is -0.478 e. The minimum absolute atomic E-state index is 0.0931. The Morgan fingerprint density at radius 2 is 1.80 bits per heavy atom. The molecule has 2 aromatic carbocycles. The Balaban J connectivity index is 1.90. The summed E-state index contributed by atoms with van der Waals surface area (Å²) in [7, 11) is -3.58. The second-order valence-corrected chi connectivity index (χ2v) is 9.02. The van der Waals surface area contributed by atoms with E-state index in [4.69, 9.17) is 4.42 Å². The van der Waals surface area contributed by atoms with Gasteiger partial charge in [0.05, 0.1) is 17.5 Å². The van der Waals surface area contributed by atoms with Crippen LogP contribution >= 0.6 is 0 Å². The standard InChI is InChI=1S/C20H16F3NO5S/c1-30(27,28)24-15-9-16-14(8-13(15)10-2-3-10)17(19(25)26)18(29-16)11-4-6-12(7-5-11)20(21,22)23/h4-10,24H,2-3H2,1H3,(H,25,26). The van der Waals surface area contributed by atoms with E-state index in [1.54, 1.807) is 6.07 Å². The highest BCUT2D eigenvalue weighted by Crippen LogP contribution is 2.47. The summed E-state index contributed by atoms with van der Waals surface area (Å²) < 4.78 is 70.0. The van der Waals surface area contributed by atoms with E-state index in [-0.39, 0.29) is 33.8 Å². The van der Waals surface area contributed by atoms with E-state index in [0.29, 0.717) is 11.3 Å². The maximum Gasteiger partial charge on any atom is 0.416 e. The summed E-state index contributed by atoms with van der Waals surface area (Å²) in [5.41, 5.74) is 0.208. The number of carboxylic acid groups (broad SMARTS) is 1. The van der Waals surface area contributed by atoms with Gasteiger partial charge in [0.2, 0.25) is 10.0 Å². The van der Waals surface area contributed by atoms with E-state index in [1.807, 2.05) is 0 Å². The summed E-state index contributed by atoms with van der Waals surface area (Å²) in [5, 5.41) is 10.0. The lowest BCUT2D eigenvalue weighted by molar-refractivity contribution is -0.137. The quantitative estimate of drug-likeness (QED) is 0.579. The van der Waals surface area contributed by atoms with Gasteiger partial charge in [-0.25, -0.2) is 13.2 Å². The van der Waals surface area contributed by atoms with Gasteiger partial charge < -0.3 is 9.52 Å². The van der Waals surface area contributed by atoms with E-state index in [0.717, 1.165) is 43.4 Å². The predicted molar refractivity (Wildman–Crippen MR) is 104 cm³/mol. The van der Waals surface area contributed by atoms with Gasteiger partial charge in [0.1, 0.15) is 16.9 Å². The summed E-state index contributed by atoms with van der Waals surface area (Å²) in [6.45, 7) is 0. The zero-order valence-corrected chi connectivity index (χ0v) is 16.4. The fraction of sp³-hybridized carbons (Fsp3) is 0.250. The lowest BCUT2D eigenvalue weighted by Gasteiger charge is -2.10. The number of hydrogen-bond donors (Lipinski definition) is 2. The highest BCUT2D eigenvalue weighted by molar-refractivity contribution is 7.92. The topological polar surface area (TPSA) is 96.6 Å². The number of halogens is 3. The van der Waals surface area contributed by atoms with Crippen molar-refractivity contribution < 1.29 is 35.9 Å². The normalized spacial score (nSPS) is 14.8. The smallest absolute Gasteiger partial charge is 0.416 e. The van der Waals surface area contributed by atoms with Crippen molar-refractivity contribution >= 4 is 32.6 Å². The monoisotopic (exact) mass is 439 g/mol. The molecule has 1 saturated carbocycles. The molecule has 2 N–H and O–H groups in total. The third-order valence-corrected chi connectivity index (χ3v) is 5.45. The van der Waals surface area contributed by atoms with Crippen molar-refractivity contribution in [3.8, 4) is 11.3 Å². The maximum atomic E-state index is 12.8. The van der Waals surface area contributed by atoms with Crippen molar-refractivity contribution in [3.05, 3.63) is 53.1 Å². The molecule has 10 heteroatoms. The van der Waals surface area contributed by atoms with Crippen molar-refractivity contribution in [3.63, 3.8) is 0 Å². The third-order valence-electron chi connectivity index (χ3n) is 4.86. The van der Waals surface area contributed by atoms with Gasteiger partial charge in [-0.15, -0.1) is 0 Å². The molecule has 158 valence electrons. The Hall–Kier alpha value is -3.01. The summed E-state index contributed by atoms with van der Waals surface area (Å²) in [5.74, 6) is -1.29. The molecular weight excluding hydrogens is 423 g/mol. The fourth-order valence-electron chi connectivity index (χ4n) is 3.41. The number of fused-ring (bicyclic) bond motifs is 1. The van der Waals surface area contributed by atoms with E-state index in [9.17, 15) is 31.5 Å². The SMILES string of the molecule is CS(=O)(=O)Nc1cc2oc(-c3ccc(C(F)(F)F)cc3)c(C(=O)O)c2cc1C1CC1. The minimum atomic E-state index is -4.52. The Bertz CT molecular complexity index is 1260. The highest BCUT2D eigenvalue weighted by atomic mass is 32.2. The van der Waals surface area contributed by atoms with Gasteiger partial charge in [0, 0.05) is 17.0 Å². The molecule has 30 heavy (non-hydrogen) atoms. The molecule has 1 aliphatic rings. The van der Waals surface area contributed by atoms with E-state index in [1.165, 1.54) is 6.07 Å². The predicted octanol–water partition coefficient (Wildman–Crippen LogP) is 5.07. The molecule has 3 aromatic rings. The molecule has 0 radical (unpaired) electrons. The average molecular weight is 439 g/mol. The molecule has 0 amide bonds. The molecule has 0 unspecified atom stereocenters. The molecule has 4 rings (SSSR count). The number of rotatable bonds is 5. The molecule has 0 saturated heterocycles. The van der Waals surface area contributed by atoms with Crippen LogP contribution < -0.4 is 4.72 Å². The zero-order chi connectivity index (χ0) is 21.8. The van der Waals surface area contributed by atoms with Gasteiger partial charge in [0.15, 0.2) is 0 Å². The second-order valence-electron chi connectivity index (χ2n) is 7.27. The van der Waals surface area contributed by atoms with Crippen molar-refractivity contribution in [2.45, 2.75) is 24.9 Å². The Kier molecular flexibility index (Phi) is 4.57. The number of anilines is 1. The summed E-state index contributed by atoms with van der Waals surface area (Å²) in [6, 6.07) is 6.99. The first kappa shape index (κ1) is 20.3. The van der Waals surface area contributed by atoms with Crippen LogP contribution in [0.3, 0.4) is 0 Å². The van der Waals surface area contributed by atoms with Gasteiger partial charge in [-0.05, 0) is 42.5 Å². The number of carboxylic acids is 1. The van der Waals surface area contributed by atoms with E-state index >= 15 is 0 Å². The van der Waals surface area contributed by atoms with Crippen LogP contribution in [-0.4, -0.2) is 25.7 Å². The van der Waals surface area contributed by atoms with Crippen LogP contribution in [0, 0.1) is 0 Å². The Morgan fingerprint density at radius 3 is 2.30 bits per heavy atom. The lowest BCUT2D eigenvalue weighted by atomic mass is 10.0. The van der Waals surface area contributed by atoms with Crippen molar-refractivity contribution in [2.75, 3.05) is 11.0 Å². The van der Waals surface area contributed by atoms with Crippen LogP contribution in [0.2, 0.25) is 0 Å². The number of benzene rings is 2. The van der Waals surface area contributed by atoms with Gasteiger partial charge in [-0.2, -0.15) is 13.2 Å². The van der Waals surface area contributed by atoms with Crippen molar-refractivity contribution in [1.82, 2.24) is 0 Å². The summed E-state index contributed by atoms with van der Waals surface area (Å²) >= 11 is 0. The molecule has 1 heterocycles. The average Bonchev–Trinajstić information content (AvgIpc) is 3.39. The van der Waals surface area contributed by atoms with Crippen LogP contribution in [0.15, 0.2) is 40.8 Å². The first-order valence-corrected chi connectivity index (χ1v) is 10.8. The highest BCUT2D eigenvalue weighted by Gasteiger charge is 2.32. The first-order chi connectivity index (χ1) is 13.9. The van der Waals surface area contributed by atoms with Gasteiger partial charge in [0.25, 0.3) is 0 Å². The molecule has 0 spiro atoms. The van der Waals surface area contributed by atoms with Crippen LogP contribution in [0.1, 0.15) is 40.2 Å². The number of nitrogens with one attached hydrogen (secondary N) is 1. The zero-order valence-electron chi connectivity index (χ0n) is 15.6. The van der Waals surface area contributed by atoms with Crippen molar-refractivity contribution in [1.29, 1.82) is 0 Å². The van der Waals surface area contributed by atoms with Crippen LogP contribution in [0.4, 0.5) is 18.9 Å². The van der Waals surface area contributed by atoms with Gasteiger partial charge >= 0.3 is 12.1 Å². The largest absolute Gasteiger partial charge is 0.478 e. The number of carbonyl (C=O) groups is 1. The number of alkyl halides is 3. The first-order valence-electron chi connectivity index (χ1n) is 8.93. The van der Waals surface area contributed by atoms with Crippen LogP contribution in [0.5, 0.6) is 0 Å². The molecule has 0 bridgehead atoms. The number of hydrogen-bond acceptors (Lipinski definition) is 4. The fourth-order valence-corrected chi connectivity index (χ4v) is 3.98. The molecular formula is C20H16F3NO5S. The second kappa shape index (κ2) is 6.76. The van der Waals surface area contributed by atoms with Gasteiger partial charge in [-0.3, -0.25) is 4.72 Å². The lowest BCUT2D eigenvalue weighted by Crippen LogP contribution is -2.11. The van der Waals surface area contributed by atoms with E-state index < -0.39 is 27.7 Å². The van der Waals surface area contributed by atoms with Gasteiger partial charge in [-0.1, -0.05) is 12.1 Å². The van der Waals surface area contributed by atoms with E-state index in [2.05, 4.69) is 4.72 Å². The Labute approximate surface area is 169 Å². The molecule has 1 aliphatic carbocycles.